The van der Waals surface area contributed by atoms with Crippen LogP contribution < -0.4 is 10.6 Å². The quantitative estimate of drug-likeness (QED) is 0.854. The van der Waals surface area contributed by atoms with E-state index in [1.165, 1.54) is 23.1 Å². The Morgan fingerprint density at radius 2 is 1.67 bits per heavy atom. The first-order valence-corrected chi connectivity index (χ1v) is 6.44. The Bertz CT molecular complexity index is 699. The summed E-state index contributed by atoms with van der Waals surface area (Å²) in [7, 11) is 1.60. The van der Waals surface area contributed by atoms with Crippen LogP contribution in [0, 0.1) is 0 Å². The zero-order valence-electron chi connectivity index (χ0n) is 11.2. The highest BCUT2D eigenvalue weighted by Crippen LogP contribution is 2.22. The molecule has 6 heteroatoms. The molecule has 5 nitrogen and oxygen atoms in total. The predicted octanol–water partition coefficient (Wildman–Crippen LogP) is 2.90. The van der Waals surface area contributed by atoms with Gasteiger partial charge in [0, 0.05) is 18.3 Å². The summed E-state index contributed by atoms with van der Waals surface area (Å²) in [5.74, 6) is -1.28. The van der Waals surface area contributed by atoms with E-state index in [1.54, 1.807) is 31.3 Å². The summed E-state index contributed by atoms with van der Waals surface area (Å²) >= 11 is 5.82. The van der Waals surface area contributed by atoms with E-state index in [4.69, 9.17) is 22.4 Å². The number of anilines is 2. The van der Waals surface area contributed by atoms with Crippen molar-refractivity contribution in [1.29, 1.82) is 0 Å². The van der Waals surface area contributed by atoms with Gasteiger partial charge in [-0.05, 0) is 42.5 Å². The van der Waals surface area contributed by atoms with Gasteiger partial charge in [0.2, 0.25) is 0 Å². The molecule has 0 atom stereocenters. The molecule has 0 aliphatic heterocycles. The smallest absolute Gasteiger partial charge is 0.335 e. The lowest BCUT2D eigenvalue weighted by atomic mass is 10.1. The monoisotopic (exact) mass is 304 g/mol. The van der Waals surface area contributed by atoms with Crippen LogP contribution in [0.5, 0.6) is 0 Å². The summed E-state index contributed by atoms with van der Waals surface area (Å²) in [6.45, 7) is 0. The van der Waals surface area contributed by atoms with E-state index in [-0.39, 0.29) is 11.5 Å². The molecule has 108 valence electrons. The van der Waals surface area contributed by atoms with Gasteiger partial charge in [0.15, 0.2) is 0 Å². The molecule has 0 aromatic heterocycles. The molecule has 0 saturated carbocycles. The van der Waals surface area contributed by atoms with Crippen molar-refractivity contribution in [3.8, 4) is 0 Å². The van der Waals surface area contributed by atoms with Crippen molar-refractivity contribution in [2.24, 2.45) is 0 Å². The second-order valence-electron chi connectivity index (χ2n) is 4.45. The van der Waals surface area contributed by atoms with Crippen LogP contribution in [-0.2, 0) is 0 Å². The van der Waals surface area contributed by atoms with Crippen molar-refractivity contribution in [3.05, 3.63) is 58.6 Å². The Kier molecular flexibility index (Phi) is 4.14. The topological polar surface area (TPSA) is 83.6 Å². The molecule has 2 rings (SSSR count). The number of aromatic carboxylic acids is 1. The Morgan fingerprint density at radius 3 is 2.19 bits per heavy atom. The van der Waals surface area contributed by atoms with Gasteiger partial charge in [0.1, 0.15) is 0 Å². The summed E-state index contributed by atoms with van der Waals surface area (Å²) in [6.07, 6.45) is 0. The maximum atomic E-state index is 12.3. The Balaban J connectivity index is 2.25. The molecule has 1 amide bonds. The average Bonchev–Trinajstić information content (AvgIpc) is 2.48. The second-order valence-corrected chi connectivity index (χ2v) is 4.86. The molecular weight excluding hydrogens is 292 g/mol. The van der Waals surface area contributed by atoms with Crippen LogP contribution in [-0.4, -0.2) is 24.0 Å². The average molecular weight is 305 g/mol. The Labute approximate surface area is 126 Å². The van der Waals surface area contributed by atoms with Crippen LogP contribution >= 0.6 is 11.6 Å². The van der Waals surface area contributed by atoms with Crippen molar-refractivity contribution in [2.75, 3.05) is 17.7 Å². The standard InChI is InChI=1S/C15H13ClN2O3/c1-18(11-5-2-9(3-6-11)15(20)21)14(19)10-4-7-12(16)13(17)8-10/h2-8H,17H2,1H3,(H,20,21). The Hall–Kier alpha value is -2.53. The minimum Gasteiger partial charge on any atom is -0.478 e. The molecule has 0 spiro atoms. The lowest BCUT2D eigenvalue weighted by Gasteiger charge is -2.18. The molecule has 0 aliphatic rings. The van der Waals surface area contributed by atoms with Gasteiger partial charge in [-0.15, -0.1) is 0 Å². The van der Waals surface area contributed by atoms with E-state index in [0.717, 1.165) is 0 Å². The zero-order valence-corrected chi connectivity index (χ0v) is 12.0. The van der Waals surface area contributed by atoms with E-state index in [1.807, 2.05) is 0 Å². The fourth-order valence-corrected chi connectivity index (χ4v) is 1.93. The van der Waals surface area contributed by atoms with Crippen molar-refractivity contribution in [3.63, 3.8) is 0 Å². The van der Waals surface area contributed by atoms with E-state index in [9.17, 15) is 9.59 Å². The minimum atomic E-state index is -1.01. The summed E-state index contributed by atoms with van der Waals surface area (Å²) in [6, 6.07) is 10.7. The number of rotatable bonds is 3. The molecule has 0 bridgehead atoms. The van der Waals surface area contributed by atoms with Gasteiger partial charge < -0.3 is 15.7 Å². The highest BCUT2D eigenvalue weighted by molar-refractivity contribution is 6.33. The summed E-state index contributed by atoms with van der Waals surface area (Å²) < 4.78 is 0. The maximum Gasteiger partial charge on any atom is 0.335 e. The van der Waals surface area contributed by atoms with Gasteiger partial charge in [0.05, 0.1) is 16.3 Å². The van der Waals surface area contributed by atoms with Gasteiger partial charge in [0.25, 0.3) is 5.91 Å². The fourth-order valence-electron chi connectivity index (χ4n) is 1.82. The van der Waals surface area contributed by atoms with Gasteiger partial charge in [-0.1, -0.05) is 11.6 Å². The van der Waals surface area contributed by atoms with Gasteiger partial charge in [-0.2, -0.15) is 0 Å². The van der Waals surface area contributed by atoms with Crippen molar-refractivity contribution in [1.82, 2.24) is 0 Å². The predicted molar refractivity (Wildman–Crippen MR) is 82.0 cm³/mol. The maximum absolute atomic E-state index is 12.3. The third-order valence-electron chi connectivity index (χ3n) is 3.05. The number of carboxylic acids is 1. The highest BCUT2D eigenvalue weighted by Gasteiger charge is 2.15. The van der Waals surface area contributed by atoms with Crippen LogP contribution in [0.4, 0.5) is 11.4 Å². The van der Waals surface area contributed by atoms with E-state index < -0.39 is 5.97 Å². The third kappa shape index (κ3) is 3.14. The molecule has 0 heterocycles. The largest absolute Gasteiger partial charge is 0.478 e. The van der Waals surface area contributed by atoms with Gasteiger partial charge >= 0.3 is 5.97 Å². The summed E-state index contributed by atoms with van der Waals surface area (Å²) in [5, 5.41) is 9.24. The fraction of sp³-hybridized carbons (Fsp3) is 0.0667. The first-order valence-electron chi connectivity index (χ1n) is 6.06. The van der Waals surface area contributed by atoms with E-state index in [2.05, 4.69) is 0 Å². The van der Waals surface area contributed by atoms with E-state index >= 15 is 0 Å². The van der Waals surface area contributed by atoms with Crippen LogP contribution in [0.15, 0.2) is 42.5 Å². The number of halogens is 1. The number of nitrogens with zero attached hydrogens (tertiary/aromatic N) is 1. The SMILES string of the molecule is CN(C(=O)c1ccc(Cl)c(N)c1)c1ccc(C(=O)O)cc1. The lowest BCUT2D eigenvalue weighted by Crippen LogP contribution is -2.26. The molecular formula is C15H13ClN2O3. The lowest BCUT2D eigenvalue weighted by molar-refractivity contribution is 0.0696. The zero-order chi connectivity index (χ0) is 15.6. The Morgan fingerprint density at radius 1 is 1.10 bits per heavy atom. The molecule has 2 aromatic carbocycles. The van der Waals surface area contributed by atoms with Crippen LogP contribution in [0.1, 0.15) is 20.7 Å². The van der Waals surface area contributed by atoms with Crippen molar-refractivity contribution < 1.29 is 14.7 Å². The van der Waals surface area contributed by atoms with E-state index in [0.29, 0.717) is 22.0 Å². The molecule has 21 heavy (non-hydrogen) atoms. The molecule has 0 aliphatic carbocycles. The number of hydrogen-bond donors (Lipinski definition) is 2. The van der Waals surface area contributed by atoms with Gasteiger partial charge in [-0.25, -0.2) is 4.79 Å². The first-order chi connectivity index (χ1) is 9.90. The molecule has 0 saturated heterocycles. The molecule has 2 aromatic rings. The summed E-state index contributed by atoms with van der Waals surface area (Å²) in [5.41, 5.74) is 7.16. The van der Waals surface area contributed by atoms with Crippen molar-refractivity contribution >= 4 is 34.9 Å². The number of amides is 1. The van der Waals surface area contributed by atoms with Crippen LogP contribution in [0.25, 0.3) is 0 Å². The number of nitrogens with two attached hydrogens (primary N) is 1. The van der Waals surface area contributed by atoms with Crippen LogP contribution in [0.2, 0.25) is 5.02 Å². The number of carbonyl (C=O) groups is 2. The molecule has 0 radical (unpaired) electrons. The number of carboxylic acid groups (broad SMARTS) is 1. The number of hydrogen-bond acceptors (Lipinski definition) is 3. The summed E-state index contributed by atoms with van der Waals surface area (Å²) in [4.78, 5) is 24.5. The molecule has 0 fully saturated rings. The number of benzene rings is 2. The van der Waals surface area contributed by atoms with Crippen molar-refractivity contribution in [2.45, 2.75) is 0 Å². The molecule has 3 N–H and O–H groups in total. The minimum absolute atomic E-state index is 0.162. The number of carbonyl (C=O) groups excluding carboxylic acids is 1. The third-order valence-corrected chi connectivity index (χ3v) is 3.39. The first kappa shape index (κ1) is 14.9. The highest BCUT2D eigenvalue weighted by atomic mass is 35.5. The van der Waals surface area contributed by atoms with Crippen LogP contribution in [0.3, 0.4) is 0 Å². The molecule has 0 unspecified atom stereocenters. The normalized spacial score (nSPS) is 10.2. The second kappa shape index (κ2) is 5.85. The van der Waals surface area contributed by atoms with Gasteiger partial charge in [-0.3, -0.25) is 4.79 Å². The number of nitrogen functional groups attached to an aromatic ring is 1.